The number of furan rings is 1. The lowest BCUT2D eigenvalue weighted by atomic mass is 9.99. The molecule has 1 heterocycles. The summed E-state index contributed by atoms with van der Waals surface area (Å²) in [6.45, 7) is 7.89. The zero-order valence-corrected chi connectivity index (χ0v) is 9.79. The fourth-order valence-electron chi connectivity index (χ4n) is 1.43. The molecule has 0 aromatic carbocycles. The monoisotopic (exact) mass is 211 g/mol. The van der Waals surface area contributed by atoms with Gasteiger partial charge in [-0.25, -0.2) is 0 Å². The first kappa shape index (κ1) is 12.3. The average Bonchev–Trinajstić information content (AvgIpc) is 2.65. The van der Waals surface area contributed by atoms with Crippen molar-refractivity contribution in [3.8, 4) is 0 Å². The predicted octanol–water partition coefficient (Wildman–Crippen LogP) is 2.12. The molecule has 2 N–H and O–H groups in total. The van der Waals surface area contributed by atoms with E-state index in [4.69, 9.17) is 4.42 Å². The number of hydrogen-bond donors (Lipinski definition) is 2. The number of aliphatic hydroxyl groups is 1. The predicted molar refractivity (Wildman–Crippen MR) is 60.6 cm³/mol. The second-order valence-electron chi connectivity index (χ2n) is 4.60. The van der Waals surface area contributed by atoms with Crippen LogP contribution < -0.4 is 5.32 Å². The van der Waals surface area contributed by atoms with Gasteiger partial charge in [0.25, 0.3) is 0 Å². The molecular weight excluding hydrogens is 190 g/mol. The summed E-state index contributed by atoms with van der Waals surface area (Å²) in [6, 6.07) is 3.60. The van der Waals surface area contributed by atoms with Crippen LogP contribution in [0, 0.1) is 5.92 Å². The van der Waals surface area contributed by atoms with Crippen molar-refractivity contribution in [3.05, 3.63) is 24.2 Å². The third-order valence-corrected chi connectivity index (χ3v) is 2.39. The lowest BCUT2D eigenvalue weighted by Gasteiger charge is -2.21. The topological polar surface area (TPSA) is 45.4 Å². The van der Waals surface area contributed by atoms with Gasteiger partial charge in [-0.15, -0.1) is 0 Å². The minimum Gasteiger partial charge on any atom is -0.466 e. The van der Waals surface area contributed by atoms with Crippen molar-refractivity contribution in [1.29, 1.82) is 0 Å². The van der Waals surface area contributed by atoms with Crippen molar-refractivity contribution < 1.29 is 9.52 Å². The molecule has 1 rings (SSSR count). The highest BCUT2D eigenvalue weighted by Crippen LogP contribution is 2.23. The highest BCUT2D eigenvalue weighted by molar-refractivity contribution is 5.07. The molecule has 1 aromatic heterocycles. The van der Waals surface area contributed by atoms with Crippen LogP contribution >= 0.6 is 0 Å². The molecule has 3 nitrogen and oxygen atoms in total. The molecule has 0 radical (unpaired) electrons. The van der Waals surface area contributed by atoms with E-state index in [1.807, 2.05) is 6.07 Å². The third-order valence-electron chi connectivity index (χ3n) is 2.39. The lowest BCUT2D eigenvalue weighted by molar-refractivity contribution is 0.0255. The van der Waals surface area contributed by atoms with E-state index in [1.165, 1.54) is 0 Å². The van der Waals surface area contributed by atoms with Crippen molar-refractivity contribution in [2.45, 2.75) is 32.8 Å². The first-order chi connectivity index (χ1) is 7.02. The van der Waals surface area contributed by atoms with Gasteiger partial charge in [0.2, 0.25) is 0 Å². The molecule has 3 heteroatoms. The van der Waals surface area contributed by atoms with Gasteiger partial charge < -0.3 is 14.8 Å². The lowest BCUT2D eigenvalue weighted by Crippen LogP contribution is -2.29. The Kier molecular flexibility index (Phi) is 4.36. The minimum atomic E-state index is -0.868. The van der Waals surface area contributed by atoms with Gasteiger partial charge in [0.05, 0.1) is 6.26 Å². The largest absolute Gasteiger partial charge is 0.466 e. The Bertz CT molecular complexity index is 265. The quantitative estimate of drug-likeness (QED) is 0.708. The molecule has 1 atom stereocenters. The Hall–Kier alpha value is -0.800. The van der Waals surface area contributed by atoms with Gasteiger partial charge >= 0.3 is 0 Å². The fraction of sp³-hybridized carbons (Fsp3) is 0.667. The van der Waals surface area contributed by atoms with Gasteiger partial charge in [0, 0.05) is 0 Å². The SMILES string of the molecule is CC(C)CNCCC(C)(O)c1ccco1. The molecule has 0 amide bonds. The Morgan fingerprint density at radius 3 is 2.80 bits per heavy atom. The highest BCUT2D eigenvalue weighted by atomic mass is 16.4. The van der Waals surface area contributed by atoms with Crippen molar-refractivity contribution in [2.24, 2.45) is 5.92 Å². The fourth-order valence-corrected chi connectivity index (χ4v) is 1.43. The number of nitrogens with one attached hydrogen (secondary N) is 1. The maximum atomic E-state index is 10.1. The zero-order valence-electron chi connectivity index (χ0n) is 9.79. The van der Waals surface area contributed by atoms with Crippen molar-refractivity contribution >= 4 is 0 Å². The van der Waals surface area contributed by atoms with Crippen molar-refractivity contribution in [2.75, 3.05) is 13.1 Å². The first-order valence-electron chi connectivity index (χ1n) is 5.49. The zero-order chi connectivity index (χ0) is 11.3. The molecule has 0 saturated heterocycles. The first-order valence-corrected chi connectivity index (χ1v) is 5.49. The van der Waals surface area contributed by atoms with Crippen molar-refractivity contribution in [1.82, 2.24) is 5.32 Å². The molecule has 86 valence electrons. The Morgan fingerprint density at radius 1 is 1.53 bits per heavy atom. The Balaban J connectivity index is 2.31. The van der Waals surface area contributed by atoms with E-state index < -0.39 is 5.60 Å². The molecule has 1 aromatic rings. The molecule has 0 bridgehead atoms. The van der Waals surface area contributed by atoms with Crippen LogP contribution in [0.1, 0.15) is 33.0 Å². The third kappa shape index (κ3) is 4.06. The summed E-state index contributed by atoms with van der Waals surface area (Å²) in [6.07, 6.45) is 2.25. The van der Waals surface area contributed by atoms with Gasteiger partial charge in [-0.3, -0.25) is 0 Å². The van der Waals surface area contributed by atoms with Crippen LogP contribution in [-0.2, 0) is 5.60 Å². The minimum absolute atomic E-state index is 0.633. The van der Waals surface area contributed by atoms with E-state index in [2.05, 4.69) is 19.2 Å². The molecule has 0 aliphatic heterocycles. The van der Waals surface area contributed by atoms with Gasteiger partial charge in [-0.1, -0.05) is 13.8 Å². The van der Waals surface area contributed by atoms with Gasteiger partial charge in [-0.05, 0) is 44.5 Å². The number of rotatable bonds is 6. The van der Waals surface area contributed by atoms with E-state index in [9.17, 15) is 5.11 Å². The number of hydrogen-bond acceptors (Lipinski definition) is 3. The molecule has 0 saturated carbocycles. The molecule has 0 aliphatic rings. The van der Waals surface area contributed by atoms with Gasteiger partial charge in [0.1, 0.15) is 11.4 Å². The van der Waals surface area contributed by atoms with Crippen LogP contribution in [-0.4, -0.2) is 18.2 Å². The second kappa shape index (κ2) is 5.33. The highest BCUT2D eigenvalue weighted by Gasteiger charge is 2.25. The summed E-state index contributed by atoms with van der Waals surface area (Å²) >= 11 is 0. The van der Waals surface area contributed by atoms with E-state index in [0.717, 1.165) is 13.1 Å². The summed E-state index contributed by atoms with van der Waals surface area (Å²) in [4.78, 5) is 0. The Morgan fingerprint density at radius 2 is 2.27 bits per heavy atom. The van der Waals surface area contributed by atoms with E-state index in [0.29, 0.717) is 18.1 Å². The smallest absolute Gasteiger partial charge is 0.135 e. The van der Waals surface area contributed by atoms with Crippen LogP contribution in [0.5, 0.6) is 0 Å². The summed E-state index contributed by atoms with van der Waals surface area (Å²) < 4.78 is 5.20. The van der Waals surface area contributed by atoms with Crippen LogP contribution in [0.4, 0.5) is 0 Å². The average molecular weight is 211 g/mol. The Labute approximate surface area is 91.5 Å². The van der Waals surface area contributed by atoms with E-state index >= 15 is 0 Å². The maximum Gasteiger partial charge on any atom is 0.135 e. The second-order valence-corrected chi connectivity index (χ2v) is 4.60. The van der Waals surface area contributed by atoms with E-state index in [-0.39, 0.29) is 0 Å². The van der Waals surface area contributed by atoms with Gasteiger partial charge in [0.15, 0.2) is 0 Å². The van der Waals surface area contributed by atoms with Crippen LogP contribution in [0.25, 0.3) is 0 Å². The summed E-state index contributed by atoms with van der Waals surface area (Å²) in [5.74, 6) is 1.27. The van der Waals surface area contributed by atoms with E-state index in [1.54, 1.807) is 19.3 Å². The molecule has 15 heavy (non-hydrogen) atoms. The summed E-state index contributed by atoms with van der Waals surface area (Å²) in [5.41, 5.74) is -0.868. The van der Waals surface area contributed by atoms with Crippen LogP contribution in [0.15, 0.2) is 22.8 Å². The van der Waals surface area contributed by atoms with Crippen LogP contribution in [0.3, 0.4) is 0 Å². The van der Waals surface area contributed by atoms with Gasteiger partial charge in [-0.2, -0.15) is 0 Å². The molecule has 0 aliphatic carbocycles. The normalized spacial score (nSPS) is 15.5. The standard InChI is InChI=1S/C12H21NO2/c1-10(2)9-13-7-6-12(3,14)11-5-4-8-15-11/h4-5,8,10,13-14H,6-7,9H2,1-3H3. The van der Waals surface area contributed by atoms with Crippen LogP contribution in [0.2, 0.25) is 0 Å². The molecule has 0 fully saturated rings. The summed E-state index contributed by atoms with van der Waals surface area (Å²) in [7, 11) is 0. The molecule has 1 unspecified atom stereocenters. The molecule has 0 spiro atoms. The molecular formula is C12H21NO2. The summed E-state index contributed by atoms with van der Waals surface area (Å²) in [5, 5.41) is 13.4. The maximum absolute atomic E-state index is 10.1. The van der Waals surface area contributed by atoms with Crippen molar-refractivity contribution in [3.63, 3.8) is 0 Å².